The zero-order valence-corrected chi connectivity index (χ0v) is 15.3. The fraction of sp³-hybridized carbons (Fsp3) is 0.533. The molecule has 22 heavy (non-hydrogen) atoms. The van der Waals surface area contributed by atoms with Gasteiger partial charge in [-0.2, -0.15) is 10.2 Å². The van der Waals surface area contributed by atoms with E-state index in [4.69, 9.17) is 0 Å². The summed E-state index contributed by atoms with van der Waals surface area (Å²) in [7, 11) is 1.81. The Balaban J connectivity index is 2.26. The van der Waals surface area contributed by atoms with Crippen LogP contribution in [0.5, 0.6) is 0 Å². The Morgan fingerprint density at radius 1 is 1.27 bits per heavy atom. The van der Waals surface area contributed by atoms with Gasteiger partial charge in [0, 0.05) is 25.8 Å². The minimum atomic E-state index is -0.00884. The number of aryl methyl sites for hydroxylation is 3. The molecule has 120 valence electrons. The highest BCUT2D eigenvalue weighted by atomic mass is 79.9. The molecule has 2 rings (SSSR count). The van der Waals surface area contributed by atoms with E-state index >= 15 is 0 Å². The summed E-state index contributed by atoms with van der Waals surface area (Å²) in [6, 6.07) is 0. The Hall–Kier alpha value is -1.63. The third-order valence-electron chi connectivity index (χ3n) is 3.83. The molecular formula is C15H22BrN5O. The van der Waals surface area contributed by atoms with Crippen LogP contribution < -0.4 is 0 Å². The Morgan fingerprint density at radius 2 is 1.91 bits per heavy atom. The van der Waals surface area contributed by atoms with Gasteiger partial charge in [0.1, 0.15) is 0 Å². The zero-order valence-electron chi connectivity index (χ0n) is 13.7. The summed E-state index contributed by atoms with van der Waals surface area (Å²) in [5, 5.41) is 8.71. The second-order valence-corrected chi connectivity index (χ2v) is 6.13. The molecule has 0 unspecified atom stereocenters. The monoisotopic (exact) mass is 367 g/mol. The number of nitrogens with zero attached hydrogens (tertiary/aromatic N) is 5. The number of carbonyl (C=O) groups excluding carboxylic acids is 1. The van der Waals surface area contributed by atoms with E-state index in [-0.39, 0.29) is 5.91 Å². The highest BCUT2D eigenvalue weighted by molar-refractivity contribution is 9.10. The number of aromatic nitrogens is 4. The molecule has 7 heteroatoms. The van der Waals surface area contributed by atoms with Crippen molar-refractivity contribution in [3.63, 3.8) is 0 Å². The lowest BCUT2D eigenvalue weighted by Gasteiger charge is -2.18. The number of hydrogen-bond acceptors (Lipinski definition) is 3. The van der Waals surface area contributed by atoms with Crippen LogP contribution in [0.25, 0.3) is 0 Å². The van der Waals surface area contributed by atoms with Crippen LogP contribution in [-0.4, -0.2) is 37.4 Å². The quantitative estimate of drug-likeness (QED) is 0.816. The second kappa shape index (κ2) is 6.64. The van der Waals surface area contributed by atoms with Crippen LogP contribution in [0.3, 0.4) is 0 Å². The van der Waals surface area contributed by atoms with Gasteiger partial charge in [0.15, 0.2) is 0 Å². The average molecular weight is 368 g/mol. The van der Waals surface area contributed by atoms with E-state index in [9.17, 15) is 4.79 Å². The average Bonchev–Trinajstić information content (AvgIpc) is 2.98. The summed E-state index contributed by atoms with van der Waals surface area (Å²) in [5.41, 5.74) is 3.39. The summed E-state index contributed by atoms with van der Waals surface area (Å²) in [5.74, 6) is -0.00884. The lowest BCUT2D eigenvalue weighted by atomic mass is 10.1. The molecule has 2 heterocycles. The van der Waals surface area contributed by atoms with E-state index in [0.717, 1.165) is 34.6 Å². The first-order valence-electron chi connectivity index (χ1n) is 7.40. The van der Waals surface area contributed by atoms with Gasteiger partial charge in [-0.15, -0.1) is 0 Å². The Labute approximate surface area is 139 Å². The molecule has 0 bridgehead atoms. The van der Waals surface area contributed by atoms with Crippen molar-refractivity contribution in [3.8, 4) is 0 Å². The minimum absolute atomic E-state index is 0.00884. The van der Waals surface area contributed by atoms with Gasteiger partial charge in [-0.1, -0.05) is 0 Å². The number of rotatable bonds is 5. The molecule has 0 saturated carbocycles. The predicted octanol–water partition coefficient (Wildman–Crippen LogP) is 2.77. The second-order valence-electron chi connectivity index (χ2n) is 5.28. The molecule has 0 atom stereocenters. The largest absolute Gasteiger partial charge is 0.336 e. The first-order valence-corrected chi connectivity index (χ1v) is 8.19. The van der Waals surface area contributed by atoms with Crippen LogP contribution in [0.4, 0.5) is 0 Å². The van der Waals surface area contributed by atoms with Gasteiger partial charge in [0.25, 0.3) is 5.91 Å². The SMILES string of the molecule is CCn1nc(C)c(C(=O)N(C)Cc2c(Br)cnn2CC)c1C. The Kier molecular flexibility index (Phi) is 5.05. The lowest BCUT2D eigenvalue weighted by molar-refractivity contribution is 0.0779. The molecule has 0 spiro atoms. The topological polar surface area (TPSA) is 56.0 Å². The third-order valence-corrected chi connectivity index (χ3v) is 4.49. The van der Waals surface area contributed by atoms with Crippen molar-refractivity contribution in [2.45, 2.75) is 47.3 Å². The van der Waals surface area contributed by atoms with Crippen molar-refractivity contribution in [1.82, 2.24) is 24.5 Å². The molecule has 2 aromatic rings. The highest BCUT2D eigenvalue weighted by Gasteiger charge is 2.22. The maximum absolute atomic E-state index is 12.8. The van der Waals surface area contributed by atoms with Gasteiger partial charge < -0.3 is 4.90 Å². The molecule has 1 amide bonds. The summed E-state index contributed by atoms with van der Waals surface area (Å²) >= 11 is 3.50. The van der Waals surface area contributed by atoms with E-state index in [1.54, 1.807) is 11.1 Å². The number of hydrogen-bond donors (Lipinski definition) is 0. The summed E-state index contributed by atoms with van der Waals surface area (Å²) < 4.78 is 4.68. The van der Waals surface area contributed by atoms with E-state index in [0.29, 0.717) is 12.1 Å². The van der Waals surface area contributed by atoms with Gasteiger partial charge in [-0.25, -0.2) is 0 Å². The number of halogens is 1. The van der Waals surface area contributed by atoms with Gasteiger partial charge in [0.2, 0.25) is 0 Å². The molecule has 0 aliphatic heterocycles. The molecule has 0 aliphatic carbocycles. The van der Waals surface area contributed by atoms with Crippen LogP contribution in [0.1, 0.15) is 41.3 Å². The van der Waals surface area contributed by atoms with Crippen LogP contribution in [0.2, 0.25) is 0 Å². The summed E-state index contributed by atoms with van der Waals surface area (Å²) in [6.45, 7) is 9.91. The predicted molar refractivity (Wildman–Crippen MR) is 88.8 cm³/mol. The van der Waals surface area contributed by atoms with Gasteiger partial charge in [0.05, 0.1) is 34.2 Å². The van der Waals surface area contributed by atoms with Crippen molar-refractivity contribution >= 4 is 21.8 Å². The van der Waals surface area contributed by atoms with Crippen LogP contribution in [0.15, 0.2) is 10.7 Å². The molecule has 0 radical (unpaired) electrons. The zero-order chi connectivity index (χ0) is 16.4. The molecule has 0 saturated heterocycles. The maximum Gasteiger partial charge on any atom is 0.257 e. The Morgan fingerprint density at radius 3 is 2.45 bits per heavy atom. The third kappa shape index (κ3) is 2.95. The molecule has 0 aromatic carbocycles. The van der Waals surface area contributed by atoms with Gasteiger partial charge in [-0.3, -0.25) is 14.2 Å². The highest BCUT2D eigenvalue weighted by Crippen LogP contribution is 2.20. The van der Waals surface area contributed by atoms with Crippen molar-refractivity contribution in [2.24, 2.45) is 0 Å². The molecular weight excluding hydrogens is 346 g/mol. The van der Waals surface area contributed by atoms with Gasteiger partial charge in [-0.05, 0) is 43.6 Å². The molecule has 2 aromatic heterocycles. The lowest BCUT2D eigenvalue weighted by Crippen LogP contribution is -2.28. The first kappa shape index (κ1) is 16.7. The Bertz CT molecular complexity index is 688. The minimum Gasteiger partial charge on any atom is -0.336 e. The van der Waals surface area contributed by atoms with Crippen LogP contribution in [0, 0.1) is 13.8 Å². The first-order chi connectivity index (χ1) is 10.4. The van der Waals surface area contributed by atoms with E-state index < -0.39 is 0 Å². The summed E-state index contributed by atoms with van der Waals surface area (Å²) in [4.78, 5) is 14.5. The van der Waals surface area contributed by atoms with E-state index in [1.165, 1.54) is 0 Å². The van der Waals surface area contributed by atoms with E-state index in [2.05, 4.69) is 26.1 Å². The van der Waals surface area contributed by atoms with Crippen molar-refractivity contribution in [2.75, 3.05) is 7.05 Å². The molecule has 6 nitrogen and oxygen atoms in total. The molecule has 0 aliphatic rings. The standard InChI is InChI=1S/C15H22BrN5O/c1-6-20-11(4)14(10(3)18-20)15(22)19(5)9-13-12(16)8-17-21(13)7-2/h8H,6-7,9H2,1-5H3. The van der Waals surface area contributed by atoms with Crippen LogP contribution in [-0.2, 0) is 19.6 Å². The van der Waals surface area contributed by atoms with Crippen molar-refractivity contribution in [1.29, 1.82) is 0 Å². The molecule has 0 N–H and O–H groups in total. The smallest absolute Gasteiger partial charge is 0.257 e. The normalized spacial score (nSPS) is 11.0. The fourth-order valence-corrected chi connectivity index (χ4v) is 3.04. The number of amides is 1. The fourth-order valence-electron chi connectivity index (χ4n) is 2.62. The van der Waals surface area contributed by atoms with E-state index in [1.807, 2.05) is 44.1 Å². The van der Waals surface area contributed by atoms with Crippen LogP contribution >= 0.6 is 15.9 Å². The maximum atomic E-state index is 12.8. The van der Waals surface area contributed by atoms with Crippen molar-refractivity contribution in [3.05, 3.63) is 33.3 Å². The van der Waals surface area contributed by atoms with Crippen molar-refractivity contribution < 1.29 is 4.79 Å². The molecule has 0 fully saturated rings. The number of carbonyl (C=O) groups is 1. The summed E-state index contributed by atoms with van der Waals surface area (Å²) in [6.07, 6.45) is 1.77. The van der Waals surface area contributed by atoms with Gasteiger partial charge >= 0.3 is 0 Å².